The van der Waals surface area contributed by atoms with Crippen LogP contribution in [0.15, 0.2) is 74.4 Å². The van der Waals surface area contributed by atoms with Crippen LogP contribution in [0.4, 0.5) is 5.88 Å². The van der Waals surface area contributed by atoms with Crippen molar-refractivity contribution in [3.8, 4) is 11.5 Å². The Balaban J connectivity index is 1.39. The second kappa shape index (κ2) is 10.2. The molecule has 4 heterocycles. The maximum Gasteiger partial charge on any atom is 0.271 e. The summed E-state index contributed by atoms with van der Waals surface area (Å²) in [6.07, 6.45) is 7.22. The summed E-state index contributed by atoms with van der Waals surface area (Å²) < 4.78 is 19.8. The molecule has 8 heteroatoms. The molecule has 2 aliphatic heterocycles. The molecule has 1 fully saturated rings. The monoisotopic (exact) mass is 553 g/mol. The number of allylic oxidation sites excluding steroid dienone is 1. The molecule has 0 bridgehead atoms. The number of hydrogen-bond donors (Lipinski definition) is 0. The number of nitrogens with zero attached hydrogens (tertiary/aromatic N) is 3. The Morgan fingerprint density at radius 2 is 1.80 bits per heavy atom. The van der Waals surface area contributed by atoms with E-state index in [-0.39, 0.29) is 11.6 Å². The molecule has 0 amide bonds. The van der Waals surface area contributed by atoms with Gasteiger partial charge in [0.05, 0.1) is 30.5 Å². The van der Waals surface area contributed by atoms with E-state index in [9.17, 15) is 4.79 Å². The van der Waals surface area contributed by atoms with E-state index in [0.717, 1.165) is 54.2 Å². The van der Waals surface area contributed by atoms with Crippen molar-refractivity contribution < 1.29 is 13.9 Å². The average molecular weight is 554 g/mol. The van der Waals surface area contributed by atoms with Crippen molar-refractivity contribution in [3.63, 3.8) is 0 Å². The molecule has 204 valence electrons. The zero-order valence-electron chi connectivity index (χ0n) is 22.7. The number of hydrogen-bond acceptors (Lipinski definition) is 7. The van der Waals surface area contributed by atoms with E-state index >= 15 is 0 Å². The van der Waals surface area contributed by atoms with E-state index in [1.807, 2.05) is 41.0 Å². The first-order valence-corrected chi connectivity index (χ1v) is 14.7. The van der Waals surface area contributed by atoms with E-state index in [4.69, 9.17) is 18.9 Å². The molecule has 4 aromatic rings. The topological polar surface area (TPSA) is 69.2 Å². The van der Waals surface area contributed by atoms with Crippen LogP contribution in [0.2, 0.25) is 0 Å². The standard InChI is InChI=1S/C32H31N3O4S/c1-37-25-14-11-21(18-26(25)38-2)30-24-13-10-20-8-4-5-9-23(20)29(24)33-32-35(30)31(36)27(40-32)19-22-12-15-28(39-22)34-16-6-3-7-17-34/h4-5,8-9,11-12,14-15,18-19,30H,3,6-7,10,13,16-17H2,1-2H3/b27-19+/t30-/m0/s1. The van der Waals surface area contributed by atoms with Gasteiger partial charge in [0.15, 0.2) is 22.2 Å². The van der Waals surface area contributed by atoms with E-state index in [1.54, 1.807) is 14.2 Å². The fourth-order valence-corrected chi connectivity index (χ4v) is 7.16. The lowest BCUT2D eigenvalue weighted by Gasteiger charge is -2.31. The predicted octanol–water partition coefficient (Wildman–Crippen LogP) is 4.92. The lowest BCUT2D eigenvalue weighted by atomic mass is 9.83. The number of fused-ring (bicyclic) bond motifs is 3. The molecule has 0 unspecified atom stereocenters. The number of benzene rings is 2. The lowest BCUT2D eigenvalue weighted by molar-refractivity contribution is 0.354. The lowest BCUT2D eigenvalue weighted by Crippen LogP contribution is -2.38. The molecule has 0 radical (unpaired) electrons. The van der Waals surface area contributed by atoms with Crippen molar-refractivity contribution in [3.05, 3.63) is 102 Å². The highest BCUT2D eigenvalue weighted by Crippen LogP contribution is 2.42. The van der Waals surface area contributed by atoms with Crippen molar-refractivity contribution >= 4 is 29.0 Å². The van der Waals surface area contributed by atoms with E-state index in [2.05, 4.69) is 29.2 Å². The van der Waals surface area contributed by atoms with Gasteiger partial charge in [0.1, 0.15) is 5.76 Å². The smallest absolute Gasteiger partial charge is 0.271 e. The molecule has 7 rings (SSSR count). The zero-order chi connectivity index (χ0) is 27.2. The Bertz CT molecular complexity index is 1810. The summed E-state index contributed by atoms with van der Waals surface area (Å²) in [5.74, 6) is 2.85. The van der Waals surface area contributed by atoms with Gasteiger partial charge in [0, 0.05) is 30.8 Å². The number of aryl methyl sites for hydroxylation is 1. The highest BCUT2D eigenvalue weighted by Gasteiger charge is 2.33. The quantitative estimate of drug-likeness (QED) is 0.351. The minimum atomic E-state index is -0.290. The normalized spacial score (nSPS) is 18.6. The van der Waals surface area contributed by atoms with Crippen LogP contribution in [0.3, 0.4) is 0 Å². The third-order valence-corrected chi connectivity index (χ3v) is 9.13. The van der Waals surface area contributed by atoms with Gasteiger partial charge in [-0.3, -0.25) is 9.36 Å². The molecule has 1 aliphatic carbocycles. The second-order valence-electron chi connectivity index (χ2n) is 10.5. The number of methoxy groups -OCH3 is 2. The van der Waals surface area contributed by atoms with Gasteiger partial charge < -0.3 is 18.8 Å². The summed E-state index contributed by atoms with van der Waals surface area (Å²) in [6, 6.07) is 18.0. The fraction of sp³-hybridized carbons (Fsp3) is 0.312. The summed E-state index contributed by atoms with van der Waals surface area (Å²) in [6.45, 7) is 2.01. The van der Waals surface area contributed by atoms with Crippen LogP contribution in [-0.2, 0) is 6.42 Å². The van der Waals surface area contributed by atoms with Crippen LogP contribution in [0.25, 0.3) is 11.8 Å². The Hall–Kier alpha value is -4.04. The average Bonchev–Trinajstić information content (AvgIpc) is 3.60. The summed E-state index contributed by atoms with van der Waals surface area (Å²) in [5.41, 5.74) is 5.46. The van der Waals surface area contributed by atoms with Gasteiger partial charge >= 0.3 is 0 Å². The van der Waals surface area contributed by atoms with Crippen molar-refractivity contribution in [1.29, 1.82) is 0 Å². The number of piperidine rings is 1. The Morgan fingerprint density at radius 1 is 0.975 bits per heavy atom. The van der Waals surface area contributed by atoms with Crippen LogP contribution in [0.5, 0.6) is 11.5 Å². The number of rotatable bonds is 5. The number of anilines is 1. The van der Waals surface area contributed by atoms with Crippen LogP contribution in [0, 0.1) is 0 Å². The maximum atomic E-state index is 14.1. The molecule has 7 nitrogen and oxygen atoms in total. The van der Waals surface area contributed by atoms with Gasteiger partial charge in [-0.1, -0.05) is 41.7 Å². The number of thiazole rings is 1. The van der Waals surface area contributed by atoms with Crippen LogP contribution < -0.4 is 29.3 Å². The molecular formula is C32H31N3O4S. The highest BCUT2D eigenvalue weighted by atomic mass is 32.1. The minimum absolute atomic E-state index is 0.0649. The van der Waals surface area contributed by atoms with Crippen LogP contribution in [0.1, 0.15) is 54.2 Å². The number of furan rings is 1. The molecule has 1 saturated heterocycles. The van der Waals surface area contributed by atoms with Gasteiger partial charge in [-0.15, -0.1) is 0 Å². The third kappa shape index (κ3) is 4.18. The molecule has 2 aromatic heterocycles. The first kappa shape index (κ1) is 25.0. The van der Waals surface area contributed by atoms with Crippen molar-refractivity contribution in [2.75, 3.05) is 32.2 Å². The summed E-state index contributed by atoms with van der Waals surface area (Å²) >= 11 is 1.41. The van der Waals surface area contributed by atoms with Crippen LogP contribution >= 0.6 is 11.3 Å². The van der Waals surface area contributed by atoms with Gasteiger partial charge in [0.2, 0.25) is 0 Å². The predicted molar refractivity (Wildman–Crippen MR) is 157 cm³/mol. The molecule has 1 atom stereocenters. The molecule has 0 N–H and O–H groups in total. The summed E-state index contributed by atoms with van der Waals surface area (Å²) in [5, 5.41) is 0. The maximum absolute atomic E-state index is 14.1. The Morgan fingerprint density at radius 3 is 2.62 bits per heavy atom. The van der Waals surface area contributed by atoms with Crippen molar-refractivity contribution in [2.24, 2.45) is 4.99 Å². The molecule has 0 spiro atoms. The molecule has 40 heavy (non-hydrogen) atoms. The first-order chi connectivity index (χ1) is 19.6. The largest absolute Gasteiger partial charge is 0.493 e. The molecule has 3 aliphatic rings. The van der Waals surface area contributed by atoms with Crippen molar-refractivity contribution in [1.82, 2.24) is 4.57 Å². The number of ether oxygens (including phenoxy) is 2. The van der Waals surface area contributed by atoms with E-state index in [1.165, 1.54) is 36.2 Å². The zero-order valence-corrected chi connectivity index (χ0v) is 23.5. The van der Waals surface area contributed by atoms with Gasteiger partial charge in [-0.2, -0.15) is 0 Å². The van der Waals surface area contributed by atoms with E-state index in [0.29, 0.717) is 26.6 Å². The SMILES string of the molecule is COc1ccc([C@H]2C3=C(N=c4s/c(=C/c5ccc(N6CCCCC6)o5)c(=O)n42)c2ccccc2CC3)cc1OC. The fourth-order valence-electron chi connectivity index (χ4n) is 6.18. The second-order valence-corrected chi connectivity index (χ2v) is 11.5. The van der Waals surface area contributed by atoms with E-state index < -0.39 is 0 Å². The summed E-state index contributed by atoms with van der Waals surface area (Å²) in [4.78, 5) is 22.1. The number of aromatic nitrogens is 1. The molecular weight excluding hydrogens is 522 g/mol. The Kier molecular flexibility index (Phi) is 6.35. The van der Waals surface area contributed by atoms with Crippen molar-refractivity contribution in [2.45, 2.75) is 38.1 Å². The summed E-state index contributed by atoms with van der Waals surface area (Å²) in [7, 11) is 3.26. The third-order valence-electron chi connectivity index (χ3n) is 8.15. The van der Waals surface area contributed by atoms with Crippen LogP contribution in [-0.4, -0.2) is 31.9 Å². The highest BCUT2D eigenvalue weighted by molar-refractivity contribution is 7.07. The van der Waals surface area contributed by atoms with Gasteiger partial charge in [0.25, 0.3) is 5.56 Å². The minimum Gasteiger partial charge on any atom is -0.493 e. The van der Waals surface area contributed by atoms with Gasteiger partial charge in [-0.25, -0.2) is 4.99 Å². The Labute approximate surface area is 236 Å². The molecule has 2 aromatic carbocycles. The molecule has 0 saturated carbocycles. The van der Waals surface area contributed by atoms with Gasteiger partial charge in [-0.05, 0) is 67.0 Å². The first-order valence-electron chi connectivity index (χ1n) is 13.8.